The molecule has 0 heterocycles. The molecule has 150 valence electrons. The molecule has 2 rings (SSSR count). The van der Waals surface area contributed by atoms with Crippen molar-refractivity contribution in [2.45, 2.75) is 19.6 Å². The maximum atomic E-state index is 12.5. The maximum Gasteiger partial charge on any atom is 0.342 e. The molecule has 0 aromatic heterocycles. The van der Waals surface area contributed by atoms with Crippen LogP contribution in [0.15, 0.2) is 36.4 Å². The van der Waals surface area contributed by atoms with Gasteiger partial charge < -0.3 is 24.3 Å². The van der Waals surface area contributed by atoms with E-state index in [1.165, 1.54) is 40.4 Å². The molecule has 8 heteroatoms. The van der Waals surface area contributed by atoms with Gasteiger partial charge in [0.2, 0.25) is 0 Å². The summed E-state index contributed by atoms with van der Waals surface area (Å²) in [5.74, 6) is -0.190. The molecule has 0 aliphatic carbocycles. The van der Waals surface area contributed by atoms with Gasteiger partial charge in [-0.25, -0.2) is 4.79 Å². The van der Waals surface area contributed by atoms with Crippen LogP contribution in [0.25, 0.3) is 0 Å². The van der Waals surface area contributed by atoms with Gasteiger partial charge in [0, 0.05) is 23.7 Å². The van der Waals surface area contributed by atoms with Crippen molar-refractivity contribution >= 4 is 23.5 Å². The standard InChI is InChI=1S/C20H22ClNO6/c1-12(19(23)22-11-13-7-5-6-8-15(13)21)28-20(24)14-9-17(26-3)18(27-4)10-16(14)25-2/h5-10,12H,11H2,1-4H3,(H,22,23). The van der Waals surface area contributed by atoms with Gasteiger partial charge in [0.15, 0.2) is 17.6 Å². The van der Waals surface area contributed by atoms with Crippen LogP contribution in [0, 0.1) is 0 Å². The Bertz CT molecular complexity index is 855. The van der Waals surface area contributed by atoms with Gasteiger partial charge in [0.25, 0.3) is 5.91 Å². The molecule has 1 unspecified atom stereocenters. The third kappa shape index (κ3) is 5.07. The fourth-order valence-electron chi connectivity index (χ4n) is 2.43. The number of nitrogens with one attached hydrogen (secondary N) is 1. The van der Waals surface area contributed by atoms with Crippen molar-refractivity contribution in [3.63, 3.8) is 0 Å². The smallest absolute Gasteiger partial charge is 0.342 e. The average Bonchev–Trinajstić information content (AvgIpc) is 2.71. The molecule has 28 heavy (non-hydrogen) atoms. The fourth-order valence-corrected chi connectivity index (χ4v) is 2.64. The van der Waals surface area contributed by atoms with E-state index in [4.69, 9.17) is 30.5 Å². The molecule has 1 N–H and O–H groups in total. The second-order valence-electron chi connectivity index (χ2n) is 5.76. The highest BCUT2D eigenvalue weighted by molar-refractivity contribution is 6.31. The largest absolute Gasteiger partial charge is 0.496 e. The monoisotopic (exact) mass is 407 g/mol. The van der Waals surface area contributed by atoms with Gasteiger partial charge >= 0.3 is 5.97 Å². The van der Waals surface area contributed by atoms with Crippen LogP contribution in [0.4, 0.5) is 0 Å². The Morgan fingerprint density at radius 2 is 1.61 bits per heavy atom. The highest BCUT2D eigenvalue weighted by Gasteiger charge is 2.23. The van der Waals surface area contributed by atoms with E-state index in [9.17, 15) is 9.59 Å². The van der Waals surface area contributed by atoms with Gasteiger partial charge in [0.1, 0.15) is 11.3 Å². The van der Waals surface area contributed by atoms with Crippen LogP contribution in [0.5, 0.6) is 17.2 Å². The molecule has 0 aliphatic rings. The number of hydrogen-bond donors (Lipinski definition) is 1. The van der Waals surface area contributed by atoms with Crippen molar-refractivity contribution in [3.8, 4) is 17.2 Å². The van der Waals surface area contributed by atoms with Crippen LogP contribution in [-0.2, 0) is 16.1 Å². The molecule has 0 fully saturated rings. The summed E-state index contributed by atoms with van der Waals surface area (Å²) in [4.78, 5) is 24.8. The van der Waals surface area contributed by atoms with E-state index in [-0.39, 0.29) is 17.9 Å². The lowest BCUT2D eigenvalue weighted by molar-refractivity contribution is -0.129. The van der Waals surface area contributed by atoms with Crippen LogP contribution in [-0.4, -0.2) is 39.3 Å². The van der Waals surface area contributed by atoms with E-state index in [0.29, 0.717) is 16.5 Å². The maximum absolute atomic E-state index is 12.5. The first-order valence-corrected chi connectivity index (χ1v) is 8.81. The second kappa shape index (κ2) is 9.85. The Kier molecular flexibility index (Phi) is 7.52. The zero-order chi connectivity index (χ0) is 20.7. The average molecular weight is 408 g/mol. The minimum absolute atomic E-state index is 0.117. The molecule has 0 saturated heterocycles. The van der Waals surface area contributed by atoms with E-state index in [0.717, 1.165) is 5.56 Å². The molecule has 1 amide bonds. The summed E-state index contributed by atoms with van der Waals surface area (Å²) in [5, 5.41) is 3.23. The second-order valence-corrected chi connectivity index (χ2v) is 6.17. The number of benzene rings is 2. The Morgan fingerprint density at radius 1 is 1.00 bits per heavy atom. The van der Waals surface area contributed by atoms with Gasteiger partial charge in [-0.3, -0.25) is 4.79 Å². The highest BCUT2D eigenvalue weighted by atomic mass is 35.5. The predicted molar refractivity (Wildman–Crippen MR) is 104 cm³/mol. The molecule has 0 spiro atoms. The lowest BCUT2D eigenvalue weighted by atomic mass is 10.1. The molecule has 2 aromatic rings. The number of halogens is 1. The zero-order valence-corrected chi connectivity index (χ0v) is 16.8. The van der Waals surface area contributed by atoms with Crippen LogP contribution < -0.4 is 19.5 Å². The predicted octanol–water partition coefficient (Wildman–Crippen LogP) is 3.23. The SMILES string of the molecule is COc1cc(OC)c(C(=O)OC(C)C(=O)NCc2ccccc2Cl)cc1OC. The van der Waals surface area contributed by atoms with E-state index in [1.54, 1.807) is 18.2 Å². The summed E-state index contributed by atoms with van der Waals surface area (Å²) >= 11 is 6.07. The Hall–Kier alpha value is -2.93. The fraction of sp³-hybridized carbons (Fsp3) is 0.300. The third-order valence-electron chi connectivity index (χ3n) is 3.99. The molecular formula is C20H22ClNO6. The summed E-state index contributed by atoms with van der Waals surface area (Å²) < 4.78 is 20.9. The van der Waals surface area contributed by atoms with E-state index >= 15 is 0 Å². The van der Waals surface area contributed by atoms with Gasteiger partial charge in [-0.15, -0.1) is 0 Å². The van der Waals surface area contributed by atoms with Gasteiger partial charge in [-0.1, -0.05) is 29.8 Å². The van der Waals surface area contributed by atoms with Crippen molar-refractivity contribution in [1.29, 1.82) is 0 Å². The van der Waals surface area contributed by atoms with Crippen molar-refractivity contribution in [2.75, 3.05) is 21.3 Å². The van der Waals surface area contributed by atoms with Crippen molar-refractivity contribution in [1.82, 2.24) is 5.32 Å². The van der Waals surface area contributed by atoms with Crippen molar-refractivity contribution in [2.24, 2.45) is 0 Å². The van der Waals surface area contributed by atoms with Crippen LogP contribution in [0.3, 0.4) is 0 Å². The summed E-state index contributed by atoms with van der Waals surface area (Å²) in [6.07, 6.45) is -1.02. The first-order valence-electron chi connectivity index (χ1n) is 8.43. The molecular weight excluding hydrogens is 386 g/mol. The highest BCUT2D eigenvalue weighted by Crippen LogP contribution is 2.35. The summed E-state index contributed by atoms with van der Waals surface area (Å²) in [5.41, 5.74) is 0.878. The number of carbonyl (C=O) groups is 2. The number of hydrogen-bond acceptors (Lipinski definition) is 6. The summed E-state index contributed by atoms with van der Waals surface area (Å²) in [6.45, 7) is 1.70. The summed E-state index contributed by atoms with van der Waals surface area (Å²) in [7, 11) is 4.34. The van der Waals surface area contributed by atoms with Gasteiger partial charge in [0.05, 0.1) is 21.3 Å². The normalized spacial score (nSPS) is 11.3. The number of esters is 1. The minimum atomic E-state index is -1.02. The van der Waals surface area contributed by atoms with Gasteiger partial charge in [-0.05, 0) is 18.6 Å². The van der Waals surface area contributed by atoms with E-state index < -0.39 is 18.0 Å². The molecule has 0 bridgehead atoms. The lowest BCUT2D eigenvalue weighted by Gasteiger charge is -2.16. The Balaban J connectivity index is 2.07. The van der Waals surface area contributed by atoms with Crippen molar-refractivity contribution < 1.29 is 28.5 Å². The van der Waals surface area contributed by atoms with E-state index in [1.807, 2.05) is 6.07 Å². The molecule has 0 saturated carbocycles. The number of amides is 1. The summed E-state index contributed by atoms with van der Waals surface area (Å²) in [6, 6.07) is 10.1. The van der Waals surface area contributed by atoms with Crippen LogP contribution >= 0.6 is 11.6 Å². The first kappa shape index (κ1) is 21.4. The number of carbonyl (C=O) groups excluding carboxylic acids is 2. The minimum Gasteiger partial charge on any atom is -0.496 e. The lowest BCUT2D eigenvalue weighted by Crippen LogP contribution is -2.35. The molecule has 7 nitrogen and oxygen atoms in total. The number of ether oxygens (including phenoxy) is 4. The Morgan fingerprint density at radius 3 is 2.21 bits per heavy atom. The third-order valence-corrected chi connectivity index (χ3v) is 4.36. The molecule has 0 radical (unpaired) electrons. The topological polar surface area (TPSA) is 83.1 Å². The molecule has 1 atom stereocenters. The first-order chi connectivity index (χ1) is 13.4. The number of methoxy groups -OCH3 is 3. The zero-order valence-electron chi connectivity index (χ0n) is 16.1. The van der Waals surface area contributed by atoms with E-state index in [2.05, 4.69) is 5.32 Å². The quantitative estimate of drug-likeness (QED) is 0.676. The van der Waals surface area contributed by atoms with Crippen molar-refractivity contribution in [3.05, 3.63) is 52.5 Å². The Labute approximate surface area is 168 Å². The van der Waals surface area contributed by atoms with Crippen LogP contribution in [0.1, 0.15) is 22.8 Å². The molecule has 2 aromatic carbocycles. The van der Waals surface area contributed by atoms with Crippen LogP contribution in [0.2, 0.25) is 5.02 Å². The molecule has 0 aliphatic heterocycles. The number of rotatable bonds is 8. The van der Waals surface area contributed by atoms with Gasteiger partial charge in [-0.2, -0.15) is 0 Å².